The molecule has 0 spiro atoms. The van der Waals surface area contributed by atoms with Crippen molar-refractivity contribution in [2.45, 2.75) is 13.0 Å². The predicted molar refractivity (Wildman–Crippen MR) is 82.0 cm³/mol. The minimum Gasteiger partial charge on any atom is -0.392 e. The number of benzene rings is 1. The van der Waals surface area contributed by atoms with Crippen LogP contribution < -0.4 is 4.90 Å². The van der Waals surface area contributed by atoms with Crippen LogP contribution in [0, 0.1) is 0 Å². The van der Waals surface area contributed by atoms with E-state index in [1.54, 1.807) is 0 Å². The Morgan fingerprint density at radius 3 is 2.85 bits per heavy atom. The second kappa shape index (κ2) is 5.77. The molecule has 2 heterocycles. The molecule has 1 aliphatic heterocycles. The summed E-state index contributed by atoms with van der Waals surface area (Å²) in [6.45, 7) is 4.18. The Morgan fingerprint density at radius 2 is 2.00 bits per heavy atom. The number of para-hydroxylation sites is 1. The van der Waals surface area contributed by atoms with Gasteiger partial charge in [0, 0.05) is 30.6 Å². The smallest absolute Gasteiger partial charge is 0.134 e. The van der Waals surface area contributed by atoms with E-state index in [0.29, 0.717) is 0 Å². The number of hydrogen-bond donors (Lipinski definition) is 1. The van der Waals surface area contributed by atoms with Crippen molar-refractivity contribution < 1.29 is 5.11 Å². The number of hydrogen-bond acceptors (Lipinski definition) is 4. The highest BCUT2D eigenvalue weighted by molar-refractivity contribution is 5.81. The monoisotopic (exact) mass is 271 g/mol. The molecule has 2 aromatic rings. The Morgan fingerprint density at radius 1 is 1.15 bits per heavy atom. The third-order valence-corrected chi connectivity index (χ3v) is 3.97. The second-order valence-electron chi connectivity index (χ2n) is 5.47. The zero-order chi connectivity index (χ0) is 13.9. The third kappa shape index (κ3) is 2.62. The lowest BCUT2D eigenvalue weighted by molar-refractivity contribution is 0.281. The number of aliphatic hydroxyl groups excluding tert-OH is 1. The fraction of sp³-hybridized carbons (Fsp3) is 0.438. The van der Waals surface area contributed by atoms with E-state index in [0.717, 1.165) is 54.9 Å². The van der Waals surface area contributed by atoms with Crippen LogP contribution in [0.25, 0.3) is 10.9 Å². The average Bonchev–Trinajstić information content (AvgIpc) is 2.70. The maximum Gasteiger partial charge on any atom is 0.134 e. The molecule has 0 aliphatic carbocycles. The van der Waals surface area contributed by atoms with Crippen molar-refractivity contribution in [3.63, 3.8) is 0 Å². The minimum atomic E-state index is 0.0412. The summed E-state index contributed by atoms with van der Waals surface area (Å²) in [5.74, 6) is 0.946. The summed E-state index contributed by atoms with van der Waals surface area (Å²) in [5, 5.41) is 10.7. The average molecular weight is 271 g/mol. The van der Waals surface area contributed by atoms with Crippen molar-refractivity contribution in [3.05, 3.63) is 35.9 Å². The van der Waals surface area contributed by atoms with Crippen LogP contribution in [-0.2, 0) is 6.61 Å². The molecule has 0 bridgehead atoms. The van der Waals surface area contributed by atoms with Crippen molar-refractivity contribution in [2.24, 2.45) is 0 Å². The highest BCUT2D eigenvalue weighted by Crippen LogP contribution is 2.24. The lowest BCUT2D eigenvalue weighted by atomic mass is 10.1. The molecule has 0 unspecified atom stereocenters. The molecule has 0 amide bonds. The van der Waals surface area contributed by atoms with Gasteiger partial charge in [0.15, 0.2) is 0 Å². The van der Waals surface area contributed by atoms with Gasteiger partial charge in [-0.1, -0.05) is 18.2 Å². The standard InChI is InChI=1S/C16H21N3O/c1-18-7-4-8-19(10-9-18)16-14(12-20)11-13-5-2-3-6-15(13)17-16/h2-3,5-6,11,20H,4,7-10,12H2,1H3. The van der Waals surface area contributed by atoms with Crippen molar-refractivity contribution >= 4 is 16.7 Å². The predicted octanol–water partition coefficient (Wildman–Crippen LogP) is 1.87. The van der Waals surface area contributed by atoms with Gasteiger partial charge < -0.3 is 14.9 Å². The fourth-order valence-corrected chi connectivity index (χ4v) is 2.80. The molecule has 1 aromatic heterocycles. The van der Waals surface area contributed by atoms with Crippen LogP contribution >= 0.6 is 0 Å². The number of anilines is 1. The number of aliphatic hydroxyl groups is 1. The first kappa shape index (κ1) is 13.3. The summed E-state index contributed by atoms with van der Waals surface area (Å²) in [6, 6.07) is 10.2. The molecule has 1 saturated heterocycles. The van der Waals surface area contributed by atoms with Crippen molar-refractivity contribution in [1.82, 2.24) is 9.88 Å². The van der Waals surface area contributed by atoms with Crippen LogP contribution in [-0.4, -0.2) is 48.2 Å². The van der Waals surface area contributed by atoms with E-state index in [1.807, 2.05) is 24.3 Å². The molecule has 1 aliphatic rings. The van der Waals surface area contributed by atoms with Crippen LogP contribution in [0.4, 0.5) is 5.82 Å². The highest BCUT2D eigenvalue weighted by Gasteiger charge is 2.17. The van der Waals surface area contributed by atoms with Gasteiger partial charge in [0.1, 0.15) is 5.82 Å². The zero-order valence-corrected chi connectivity index (χ0v) is 11.9. The van der Waals surface area contributed by atoms with Crippen molar-refractivity contribution in [1.29, 1.82) is 0 Å². The summed E-state index contributed by atoms with van der Waals surface area (Å²) >= 11 is 0. The van der Waals surface area contributed by atoms with E-state index in [9.17, 15) is 5.11 Å². The Balaban J connectivity index is 2.00. The summed E-state index contributed by atoms with van der Waals surface area (Å²) in [7, 11) is 2.16. The molecular formula is C16H21N3O. The lowest BCUT2D eigenvalue weighted by Gasteiger charge is -2.24. The Bertz CT molecular complexity index is 599. The first-order chi connectivity index (χ1) is 9.78. The first-order valence-electron chi connectivity index (χ1n) is 7.21. The molecule has 106 valence electrons. The molecule has 0 radical (unpaired) electrons. The van der Waals surface area contributed by atoms with Gasteiger partial charge in [-0.2, -0.15) is 0 Å². The van der Waals surface area contributed by atoms with E-state index in [4.69, 9.17) is 4.98 Å². The van der Waals surface area contributed by atoms with Gasteiger partial charge in [-0.15, -0.1) is 0 Å². The van der Waals surface area contributed by atoms with Crippen LogP contribution in [0.2, 0.25) is 0 Å². The normalized spacial score (nSPS) is 17.4. The van der Waals surface area contributed by atoms with Crippen LogP contribution in [0.5, 0.6) is 0 Å². The van der Waals surface area contributed by atoms with Crippen LogP contribution in [0.1, 0.15) is 12.0 Å². The molecule has 1 aromatic carbocycles. The quantitative estimate of drug-likeness (QED) is 0.905. The largest absolute Gasteiger partial charge is 0.392 e. The third-order valence-electron chi connectivity index (χ3n) is 3.97. The molecule has 20 heavy (non-hydrogen) atoms. The molecular weight excluding hydrogens is 250 g/mol. The summed E-state index contributed by atoms with van der Waals surface area (Å²) in [5.41, 5.74) is 1.92. The van der Waals surface area contributed by atoms with Gasteiger partial charge in [-0.05, 0) is 32.1 Å². The fourth-order valence-electron chi connectivity index (χ4n) is 2.80. The van der Waals surface area contributed by atoms with Crippen molar-refractivity contribution in [3.8, 4) is 0 Å². The molecule has 3 rings (SSSR count). The molecule has 0 atom stereocenters. The lowest BCUT2D eigenvalue weighted by Crippen LogP contribution is -2.30. The number of nitrogens with zero attached hydrogens (tertiary/aromatic N) is 3. The van der Waals surface area contributed by atoms with Gasteiger partial charge in [0.05, 0.1) is 12.1 Å². The van der Waals surface area contributed by atoms with Gasteiger partial charge in [-0.25, -0.2) is 4.98 Å². The summed E-state index contributed by atoms with van der Waals surface area (Å²) in [6.07, 6.45) is 1.13. The topological polar surface area (TPSA) is 39.6 Å². The van der Waals surface area contributed by atoms with Crippen molar-refractivity contribution in [2.75, 3.05) is 38.1 Å². The van der Waals surface area contributed by atoms with Gasteiger partial charge >= 0.3 is 0 Å². The minimum absolute atomic E-state index is 0.0412. The SMILES string of the molecule is CN1CCCN(c2nc3ccccc3cc2CO)CC1. The molecule has 1 N–H and O–H groups in total. The number of pyridine rings is 1. The van der Waals surface area contributed by atoms with Gasteiger partial charge in [0.2, 0.25) is 0 Å². The maximum atomic E-state index is 9.65. The molecule has 0 saturated carbocycles. The van der Waals surface area contributed by atoms with E-state index in [-0.39, 0.29) is 6.61 Å². The number of fused-ring (bicyclic) bond motifs is 1. The number of likely N-dealkylation sites (N-methyl/N-ethyl adjacent to an activating group) is 1. The molecule has 4 heteroatoms. The van der Waals surface area contributed by atoms with Gasteiger partial charge in [0.25, 0.3) is 0 Å². The van der Waals surface area contributed by atoms with Crippen LogP contribution in [0.3, 0.4) is 0 Å². The summed E-state index contributed by atoms with van der Waals surface area (Å²) in [4.78, 5) is 9.44. The van der Waals surface area contributed by atoms with Crippen LogP contribution in [0.15, 0.2) is 30.3 Å². The summed E-state index contributed by atoms with van der Waals surface area (Å²) < 4.78 is 0. The number of rotatable bonds is 2. The number of aromatic nitrogens is 1. The maximum absolute atomic E-state index is 9.65. The Kier molecular flexibility index (Phi) is 3.85. The highest BCUT2D eigenvalue weighted by atomic mass is 16.3. The van der Waals surface area contributed by atoms with E-state index < -0.39 is 0 Å². The first-order valence-corrected chi connectivity index (χ1v) is 7.21. The Labute approximate surface area is 119 Å². The zero-order valence-electron chi connectivity index (χ0n) is 11.9. The van der Waals surface area contributed by atoms with E-state index in [2.05, 4.69) is 22.9 Å². The molecule has 1 fully saturated rings. The molecule has 4 nitrogen and oxygen atoms in total. The van der Waals surface area contributed by atoms with Gasteiger partial charge in [-0.3, -0.25) is 0 Å². The Hall–Kier alpha value is -1.65. The van der Waals surface area contributed by atoms with E-state index >= 15 is 0 Å². The van der Waals surface area contributed by atoms with E-state index in [1.165, 1.54) is 0 Å². The second-order valence-corrected chi connectivity index (χ2v) is 5.47.